The molecule has 0 bridgehead atoms. The normalized spacial score (nSPS) is 16.6. The van der Waals surface area contributed by atoms with Crippen molar-refractivity contribution in [2.45, 2.75) is 32.8 Å². The van der Waals surface area contributed by atoms with Crippen molar-refractivity contribution in [3.8, 4) is 0 Å². The van der Waals surface area contributed by atoms with Gasteiger partial charge >= 0.3 is 6.09 Å². The summed E-state index contributed by atoms with van der Waals surface area (Å²) in [5, 5.41) is 2.75. The summed E-state index contributed by atoms with van der Waals surface area (Å²) in [7, 11) is 3.46. The maximum atomic E-state index is 11.4. The van der Waals surface area contributed by atoms with E-state index in [0.717, 1.165) is 29.6 Å². The lowest BCUT2D eigenvalue weighted by molar-refractivity contribution is 0.0526. The molecule has 1 N–H and O–H groups in total. The average molecular weight is 308 g/mol. The van der Waals surface area contributed by atoms with Crippen molar-refractivity contribution in [1.82, 2.24) is 10.2 Å². The molecule has 1 rings (SSSR count). The molecule has 0 saturated carbocycles. The van der Waals surface area contributed by atoms with Gasteiger partial charge in [-0.3, -0.25) is 0 Å². The summed E-state index contributed by atoms with van der Waals surface area (Å²) in [6.45, 7) is 8.08. The van der Waals surface area contributed by atoms with E-state index in [0.29, 0.717) is 6.54 Å². The number of carbonyl (C=O) groups excluding carboxylic acids is 1. The SMILES string of the molecule is CC(C)(C)OC(=O)NCCCN1CCSSC1=S. The average Bonchev–Trinajstić information content (AvgIpc) is 2.24. The van der Waals surface area contributed by atoms with E-state index in [1.165, 1.54) is 0 Å². The zero-order valence-corrected chi connectivity index (χ0v) is 13.5. The number of thiocarbonyl (C=S) groups is 1. The first-order valence-electron chi connectivity index (χ1n) is 5.94. The lowest BCUT2D eigenvalue weighted by Gasteiger charge is -2.28. The second kappa shape index (κ2) is 7.45. The Morgan fingerprint density at radius 3 is 2.89 bits per heavy atom. The quantitative estimate of drug-likeness (QED) is 0.489. The molecule has 7 heteroatoms. The van der Waals surface area contributed by atoms with Gasteiger partial charge in [-0.05, 0) is 38.0 Å². The Morgan fingerprint density at radius 2 is 2.28 bits per heavy atom. The van der Waals surface area contributed by atoms with E-state index in [9.17, 15) is 4.79 Å². The highest BCUT2D eigenvalue weighted by Gasteiger charge is 2.17. The summed E-state index contributed by atoms with van der Waals surface area (Å²) in [6, 6.07) is 0. The van der Waals surface area contributed by atoms with Gasteiger partial charge < -0.3 is 15.0 Å². The van der Waals surface area contributed by atoms with Crippen molar-refractivity contribution in [3.05, 3.63) is 0 Å². The Bertz CT molecular complexity index is 305. The predicted octanol–water partition coefficient (Wildman–Crippen LogP) is 2.88. The third kappa shape index (κ3) is 6.70. The zero-order chi connectivity index (χ0) is 13.6. The third-order valence-electron chi connectivity index (χ3n) is 2.11. The van der Waals surface area contributed by atoms with Gasteiger partial charge in [-0.15, -0.1) is 0 Å². The second-order valence-electron chi connectivity index (χ2n) is 4.94. The highest BCUT2D eigenvalue weighted by atomic mass is 33.1. The molecule has 0 aromatic carbocycles. The molecule has 1 saturated heterocycles. The Morgan fingerprint density at radius 1 is 1.56 bits per heavy atom. The minimum atomic E-state index is -0.438. The van der Waals surface area contributed by atoms with Crippen LogP contribution in [0.25, 0.3) is 0 Å². The smallest absolute Gasteiger partial charge is 0.407 e. The van der Waals surface area contributed by atoms with E-state index in [2.05, 4.69) is 10.2 Å². The van der Waals surface area contributed by atoms with Crippen molar-refractivity contribution in [1.29, 1.82) is 0 Å². The largest absolute Gasteiger partial charge is 0.444 e. The van der Waals surface area contributed by atoms with Crippen LogP contribution in [0, 0.1) is 0 Å². The van der Waals surface area contributed by atoms with Crippen LogP contribution in [-0.2, 0) is 4.74 Å². The first-order valence-corrected chi connectivity index (χ1v) is 8.66. The number of hydrogen-bond acceptors (Lipinski definition) is 5. The van der Waals surface area contributed by atoms with Gasteiger partial charge in [0.15, 0.2) is 0 Å². The van der Waals surface area contributed by atoms with Crippen molar-refractivity contribution in [2.24, 2.45) is 0 Å². The lowest BCUT2D eigenvalue weighted by atomic mass is 10.2. The van der Waals surface area contributed by atoms with Crippen molar-refractivity contribution in [2.75, 3.05) is 25.4 Å². The highest BCUT2D eigenvalue weighted by Crippen LogP contribution is 2.29. The number of rotatable bonds is 4. The second-order valence-corrected chi connectivity index (χ2v) is 7.99. The van der Waals surface area contributed by atoms with Gasteiger partial charge in [-0.2, -0.15) is 0 Å². The van der Waals surface area contributed by atoms with Crippen LogP contribution in [0.3, 0.4) is 0 Å². The highest BCUT2D eigenvalue weighted by molar-refractivity contribution is 8.83. The Balaban J connectivity index is 2.11. The van der Waals surface area contributed by atoms with Crippen molar-refractivity contribution in [3.63, 3.8) is 0 Å². The number of amides is 1. The lowest BCUT2D eigenvalue weighted by Crippen LogP contribution is -2.36. The predicted molar refractivity (Wildman–Crippen MR) is 83.1 cm³/mol. The number of nitrogens with zero attached hydrogens (tertiary/aromatic N) is 1. The van der Waals surface area contributed by atoms with Crippen LogP contribution in [0.2, 0.25) is 0 Å². The molecule has 0 aromatic rings. The minimum absolute atomic E-state index is 0.353. The van der Waals surface area contributed by atoms with E-state index < -0.39 is 5.60 Å². The summed E-state index contributed by atoms with van der Waals surface area (Å²) in [5.74, 6) is 1.10. The molecule has 1 aliphatic rings. The molecule has 0 unspecified atom stereocenters. The summed E-state index contributed by atoms with van der Waals surface area (Å²) in [4.78, 5) is 13.6. The molecule has 0 atom stereocenters. The van der Waals surface area contributed by atoms with Crippen LogP contribution in [0.5, 0.6) is 0 Å². The van der Waals surface area contributed by atoms with Crippen LogP contribution < -0.4 is 5.32 Å². The number of hydrogen-bond donors (Lipinski definition) is 1. The molecule has 1 fully saturated rings. The fourth-order valence-electron chi connectivity index (χ4n) is 1.36. The zero-order valence-electron chi connectivity index (χ0n) is 11.0. The van der Waals surface area contributed by atoms with Crippen molar-refractivity contribution >= 4 is 44.2 Å². The molecule has 0 spiro atoms. The number of alkyl carbamates (subject to hydrolysis) is 1. The minimum Gasteiger partial charge on any atom is -0.444 e. The number of ether oxygens (including phenoxy) is 1. The molecule has 1 aliphatic heterocycles. The maximum Gasteiger partial charge on any atom is 0.407 e. The summed E-state index contributed by atoms with van der Waals surface area (Å²) in [5.41, 5.74) is -0.438. The van der Waals surface area contributed by atoms with E-state index in [-0.39, 0.29) is 6.09 Å². The molecule has 104 valence electrons. The Hall–Kier alpha value is -0.140. The van der Waals surface area contributed by atoms with Crippen LogP contribution >= 0.6 is 33.8 Å². The fraction of sp³-hybridized carbons (Fsp3) is 0.818. The van der Waals surface area contributed by atoms with E-state index in [4.69, 9.17) is 17.0 Å². The van der Waals surface area contributed by atoms with Crippen LogP contribution in [0.4, 0.5) is 4.79 Å². The van der Waals surface area contributed by atoms with Crippen molar-refractivity contribution < 1.29 is 9.53 Å². The topological polar surface area (TPSA) is 41.6 Å². The molecule has 1 heterocycles. The summed E-state index contributed by atoms with van der Waals surface area (Å²) in [6.07, 6.45) is 0.526. The maximum absolute atomic E-state index is 11.4. The van der Waals surface area contributed by atoms with Gasteiger partial charge in [0.1, 0.15) is 9.92 Å². The molecule has 0 radical (unpaired) electrons. The molecule has 0 aromatic heterocycles. The van der Waals surface area contributed by atoms with Crippen LogP contribution in [0.1, 0.15) is 27.2 Å². The molecular weight excluding hydrogens is 288 g/mol. The first kappa shape index (κ1) is 15.9. The van der Waals surface area contributed by atoms with E-state index >= 15 is 0 Å². The van der Waals surface area contributed by atoms with Gasteiger partial charge in [-0.25, -0.2) is 4.79 Å². The Labute approximate surface area is 122 Å². The monoisotopic (exact) mass is 308 g/mol. The number of carbonyl (C=O) groups is 1. The van der Waals surface area contributed by atoms with Crippen LogP contribution in [-0.4, -0.2) is 46.3 Å². The third-order valence-corrected chi connectivity index (χ3v) is 5.13. The van der Waals surface area contributed by atoms with Gasteiger partial charge in [-0.1, -0.05) is 23.0 Å². The van der Waals surface area contributed by atoms with Gasteiger partial charge in [0.05, 0.1) is 0 Å². The first-order chi connectivity index (χ1) is 8.38. The van der Waals surface area contributed by atoms with Gasteiger partial charge in [0.25, 0.3) is 0 Å². The fourth-order valence-corrected chi connectivity index (χ4v) is 3.84. The summed E-state index contributed by atoms with van der Waals surface area (Å²) < 4.78 is 6.10. The van der Waals surface area contributed by atoms with Gasteiger partial charge in [0, 0.05) is 25.4 Å². The summed E-state index contributed by atoms with van der Waals surface area (Å²) >= 11 is 5.26. The molecule has 0 aliphatic carbocycles. The van der Waals surface area contributed by atoms with E-state index in [1.807, 2.05) is 20.8 Å². The molecule has 18 heavy (non-hydrogen) atoms. The van der Waals surface area contributed by atoms with Gasteiger partial charge in [0.2, 0.25) is 0 Å². The Kier molecular flexibility index (Phi) is 6.59. The molecule has 4 nitrogen and oxygen atoms in total. The number of nitrogens with one attached hydrogen (secondary N) is 1. The standard InChI is InChI=1S/C11H20N2O2S3/c1-11(2,3)15-9(14)12-5-4-6-13-7-8-17-18-10(13)16/h4-8H2,1-3H3,(H,12,14). The van der Waals surface area contributed by atoms with E-state index in [1.54, 1.807) is 21.6 Å². The molecular formula is C11H20N2O2S3. The molecule has 1 amide bonds. The van der Waals surface area contributed by atoms with Crippen LogP contribution in [0.15, 0.2) is 0 Å².